The van der Waals surface area contributed by atoms with E-state index in [-0.39, 0.29) is 5.97 Å². The number of piperidine rings is 1. The molecule has 1 aliphatic rings. The van der Waals surface area contributed by atoms with E-state index >= 15 is 0 Å². The second-order valence-electron chi connectivity index (χ2n) is 7.21. The molecule has 1 aromatic carbocycles. The van der Waals surface area contributed by atoms with Crippen molar-refractivity contribution in [2.24, 2.45) is 0 Å². The predicted molar refractivity (Wildman–Crippen MR) is 118 cm³/mol. The van der Waals surface area contributed by atoms with Gasteiger partial charge < -0.3 is 18.8 Å². The number of nitrogens with zero attached hydrogens (tertiary/aromatic N) is 4. The lowest BCUT2D eigenvalue weighted by molar-refractivity contribution is 0.0600. The van der Waals surface area contributed by atoms with Crippen LogP contribution in [0.1, 0.15) is 35.4 Å². The molecule has 9 heteroatoms. The van der Waals surface area contributed by atoms with Gasteiger partial charge in [0.2, 0.25) is 5.95 Å². The molecular formula is C22H26N4O4S. The number of aromatic nitrogens is 3. The number of rotatable bonds is 9. The van der Waals surface area contributed by atoms with Gasteiger partial charge in [-0.25, -0.2) is 4.79 Å². The molecule has 31 heavy (non-hydrogen) atoms. The molecule has 1 saturated heterocycles. The van der Waals surface area contributed by atoms with Crippen LogP contribution in [0, 0.1) is 0 Å². The van der Waals surface area contributed by atoms with E-state index in [1.807, 2.05) is 18.2 Å². The zero-order valence-corrected chi connectivity index (χ0v) is 18.3. The van der Waals surface area contributed by atoms with E-state index in [0.717, 1.165) is 30.0 Å². The second kappa shape index (κ2) is 10.4. The average molecular weight is 443 g/mol. The van der Waals surface area contributed by atoms with Crippen LogP contribution in [0.3, 0.4) is 0 Å². The van der Waals surface area contributed by atoms with Crippen LogP contribution >= 0.6 is 11.8 Å². The summed E-state index contributed by atoms with van der Waals surface area (Å²) in [5.74, 6) is 2.71. The molecule has 2 aromatic heterocycles. The third-order valence-electron chi connectivity index (χ3n) is 5.07. The second-order valence-corrected chi connectivity index (χ2v) is 8.27. The SMILES string of the molecule is COC(=O)c1cccc(OCCSc2nnc(N3CCCCC3)n2Cc2ccco2)c1. The molecule has 0 N–H and O–H groups in total. The summed E-state index contributed by atoms with van der Waals surface area (Å²) in [6, 6.07) is 10.8. The highest BCUT2D eigenvalue weighted by atomic mass is 32.2. The fraction of sp³-hybridized carbons (Fsp3) is 0.409. The van der Waals surface area contributed by atoms with Crippen molar-refractivity contribution < 1.29 is 18.7 Å². The number of carbonyl (C=O) groups is 1. The Balaban J connectivity index is 1.40. The maximum atomic E-state index is 11.7. The third kappa shape index (κ3) is 5.41. The molecule has 0 unspecified atom stereocenters. The van der Waals surface area contributed by atoms with E-state index in [1.165, 1.54) is 26.4 Å². The minimum atomic E-state index is -0.379. The highest BCUT2D eigenvalue weighted by Gasteiger charge is 2.21. The first-order chi connectivity index (χ1) is 15.2. The molecule has 3 heterocycles. The van der Waals surface area contributed by atoms with Crippen molar-refractivity contribution in [1.29, 1.82) is 0 Å². The summed E-state index contributed by atoms with van der Waals surface area (Å²) in [4.78, 5) is 14.0. The molecule has 1 aliphatic heterocycles. The molecule has 0 atom stereocenters. The van der Waals surface area contributed by atoms with Gasteiger partial charge in [-0.15, -0.1) is 10.2 Å². The van der Waals surface area contributed by atoms with Crippen LogP contribution in [0.25, 0.3) is 0 Å². The van der Waals surface area contributed by atoms with E-state index in [9.17, 15) is 4.79 Å². The van der Waals surface area contributed by atoms with Crippen LogP contribution in [0.5, 0.6) is 5.75 Å². The number of thioether (sulfide) groups is 1. The molecule has 4 rings (SSSR count). The van der Waals surface area contributed by atoms with E-state index in [0.29, 0.717) is 30.2 Å². The van der Waals surface area contributed by atoms with Crippen molar-refractivity contribution in [2.75, 3.05) is 37.5 Å². The third-order valence-corrected chi connectivity index (χ3v) is 6.00. The molecule has 0 radical (unpaired) electrons. The summed E-state index contributed by atoms with van der Waals surface area (Å²) in [6.07, 6.45) is 5.30. The molecule has 8 nitrogen and oxygen atoms in total. The number of benzene rings is 1. The molecule has 0 saturated carbocycles. The number of carbonyl (C=O) groups excluding carboxylic acids is 1. The van der Waals surface area contributed by atoms with Gasteiger partial charge in [-0.05, 0) is 49.6 Å². The lowest BCUT2D eigenvalue weighted by atomic mass is 10.1. The zero-order valence-electron chi connectivity index (χ0n) is 17.5. The Hall–Kier alpha value is -2.94. The van der Waals surface area contributed by atoms with E-state index in [2.05, 4.69) is 19.7 Å². The van der Waals surface area contributed by atoms with E-state index in [4.69, 9.17) is 13.9 Å². The van der Waals surface area contributed by atoms with E-state index < -0.39 is 0 Å². The Morgan fingerprint density at radius 1 is 1.16 bits per heavy atom. The number of hydrogen-bond donors (Lipinski definition) is 0. The van der Waals surface area contributed by atoms with Gasteiger partial charge in [0.1, 0.15) is 11.5 Å². The molecule has 164 valence electrons. The Morgan fingerprint density at radius 3 is 2.81 bits per heavy atom. The molecule has 0 spiro atoms. The monoisotopic (exact) mass is 442 g/mol. The predicted octanol–water partition coefficient (Wildman–Crippen LogP) is 3.87. The first-order valence-electron chi connectivity index (χ1n) is 10.4. The maximum absolute atomic E-state index is 11.7. The number of methoxy groups -OCH3 is 1. The van der Waals surface area contributed by atoms with Crippen molar-refractivity contribution in [3.05, 3.63) is 54.0 Å². The van der Waals surface area contributed by atoms with Crippen LogP contribution in [-0.4, -0.2) is 53.3 Å². The standard InChI is InChI=1S/C22H26N4O4S/c1-28-20(27)17-7-5-8-18(15-17)30-13-14-31-22-24-23-21(25-10-3-2-4-11-25)26(22)16-19-9-6-12-29-19/h5-9,12,15H,2-4,10-11,13-14,16H2,1H3. The Bertz CT molecular complexity index is 983. The van der Waals surface area contributed by atoms with Crippen molar-refractivity contribution in [2.45, 2.75) is 31.0 Å². The summed E-state index contributed by atoms with van der Waals surface area (Å²) < 4.78 is 18.3. The maximum Gasteiger partial charge on any atom is 0.337 e. The minimum Gasteiger partial charge on any atom is -0.493 e. The number of ether oxygens (including phenoxy) is 2. The number of hydrogen-bond acceptors (Lipinski definition) is 8. The van der Waals surface area contributed by atoms with Gasteiger partial charge in [-0.3, -0.25) is 4.57 Å². The van der Waals surface area contributed by atoms with Crippen molar-refractivity contribution in [3.63, 3.8) is 0 Å². The number of esters is 1. The molecule has 0 bridgehead atoms. The van der Waals surface area contributed by atoms with E-state index in [1.54, 1.807) is 36.2 Å². The fourth-order valence-electron chi connectivity index (χ4n) is 3.54. The summed E-state index contributed by atoms with van der Waals surface area (Å²) in [6.45, 7) is 3.07. The Kier molecular flexibility index (Phi) is 7.14. The van der Waals surface area contributed by atoms with Crippen molar-refractivity contribution in [3.8, 4) is 5.75 Å². The highest BCUT2D eigenvalue weighted by molar-refractivity contribution is 7.99. The van der Waals surface area contributed by atoms with Gasteiger partial charge >= 0.3 is 5.97 Å². The Labute approximate surface area is 185 Å². The summed E-state index contributed by atoms with van der Waals surface area (Å²) in [5.41, 5.74) is 0.469. The summed E-state index contributed by atoms with van der Waals surface area (Å²) in [5, 5.41) is 9.76. The van der Waals surface area contributed by atoms with Gasteiger partial charge in [0.25, 0.3) is 0 Å². The minimum absolute atomic E-state index is 0.379. The highest BCUT2D eigenvalue weighted by Crippen LogP contribution is 2.26. The van der Waals surface area contributed by atoms with Gasteiger partial charge in [-0.2, -0.15) is 0 Å². The topological polar surface area (TPSA) is 82.6 Å². The van der Waals surface area contributed by atoms with Crippen LogP contribution in [0.15, 0.2) is 52.2 Å². The van der Waals surface area contributed by atoms with Crippen molar-refractivity contribution >= 4 is 23.7 Å². The first-order valence-corrected chi connectivity index (χ1v) is 11.4. The zero-order chi connectivity index (χ0) is 21.5. The number of furan rings is 1. The number of anilines is 1. The Morgan fingerprint density at radius 2 is 2.03 bits per heavy atom. The van der Waals surface area contributed by atoms with Crippen LogP contribution in [-0.2, 0) is 11.3 Å². The quantitative estimate of drug-likeness (QED) is 0.281. The van der Waals surface area contributed by atoms with Crippen molar-refractivity contribution in [1.82, 2.24) is 14.8 Å². The molecule has 3 aromatic rings. The lowest BCUT2D eigenvalue weighted by Crippen LogP contribution is -2.32. The van der Waals surface area contributed by atoms with Gasteiger partial charge in [-0.1, -0.05) is 17.8 Å². The molecular weight excluding hydrogens is 416 g/mol. The van der Waals surface area contributed by atoms with Gasteiger partial charge in [0.05, 0.1) is 32.1 Å². The normalized spacial score (nSPS) is 13.9. The largest absolute Gasteiger partial charge is 0.493 e. The smallest absolute Gasteiger partial charge is 0.337 e. The van der Waals surface area contributed by atoms with Gasteiger partial charge in [0, 0.05) is 18.8 Å². The van der Waals surface area contributed by atoms with Crippen LogP contribution < -0.4 is 9.64 Å². The average Bonchev–Trinajstić information content (AvgIpc) is 3.47. The van der Waals surface area contributed by atoms with Crippen LogP contribution in [0.4, 0.5) is 5.95 Å². The van der Waals surface area contributed by atoms with Crippen LogP contribution in [0.2, 0.25) is 0 Å². The lowest BCUT2D eigenvalue weighted by Gasteiger charge is -2.27. The summed E-state index contributed by atoms with van der Waals surface area (Å²) in [7, 11) is 1.36. The first kappa shape index (κ1) is 21.3. The molecule has 0 amide bonds. The van der Waals surface area contributed by atoms with Gasteiger partial charge in [0.15, 0.2) is 5.16 Å². The fourth-order valence-corrected chi connectivity index (χ4v) is 4.29. The summed E-state index contributed by atoms with van der Waals surface area (Å²) >= 11 is 1.59. The molecule has 0 aliphatic carbocycles. The molecule has 1 fully saturated rings.